The number of ether oxygens (including phenoxy) is 1. The van der Waals surface area contributed by atoms with Crippen LogP contribution in [-0.4, -0.2) is 29.8 Å². The van der Waals surface area contributed by atoms with Crippen LogP contribution in [0.1, 0.15) is 5.56 Å². The zero-order chi connectivity index (χ0) is 16.3. The van der Waals surface area contributed by atoms with Crippen LogP contribution >= 0.6 is 23.2 Å². The number of benzene rings is 2. The van der Waals surface area contributed by atoms with E-state index in [9.17, 15) is 4.55 Å². The van der Waals surface area contributed by atoms with Crippen LogP contribution in [0, 0.1) is 0 Å². The van der Waals surface area contributed by atoms with Crippen LogP contribution in [0.4, 0.5) is 0 Å². The Kier molecular flexibility index (Phi) is 6.01. The topological polar surface area (TPSA) is 35.5 Å². The van der Waals surface area contributed by atoms with Crippen LogP contribution in [0.15, 0.2) is 41.3 Å². The molecule has 0 saturated carbocycles. The van der Waals surface area contributed by atoms with Gasteiger partial charge < -0.3 is 14.2 Å². The summed E-state index contributed by atoms with van der Waals surface area (Å²) in [5, 5.41) is 0.930. The number of hydrogen-bond acceptors (Lipinski definition) is 3. The molecular weight excluding hydrogens is 341 g/mol. The Morgan fingerprint density at radius 2 is 1.82 bits per heavy atom. The van der Waals surface area contributed by atoms with Gasteiger partial charge in [-0.15, -0.1) is 0 Å². The largest absolute Gasteiger partial charge is 0.612 e. The Labute approximate surface area is 144 Å². The molecule has 6 heteroatoms. The minimum Gasteiger partial charge on any atom is -0.612 e. The van der Waals surface area contributed by atoms with Gasteiger partial charge in [0.15, 0.2) is 4.90 Å². The fourth-order valence-corrected chi connectivity index (χ4v) is 2.82. The van der Waals surface area contributed by atoms with Crippen LogP contribution in [0.5, 0.6) is 11.5 Å². The first-order valence-electron chi connectivity index (χ1n) is 6.61. The van der Waals surface area contributed by atoms with Gasteiger partial charge >= 0.3 is 0 Å². The highest BCUT2D eigenvalue weighted by atomic mass is 35.5. The van der Waals surface area contributed by atoms with E-state index in [4.69, 9.17) is 27.9 Å². The summed E-state index contributed by atoms with van der Waals surface area (Å²) in [6, 6.07) is 10.7. The van der Waals surface area contributed by atoms with E-state index >= 15 is 0 Å². The second-order valence-electron chi connectivity index (χ2n) is 5.14. The summed E-state index contributed by atoms with van der Waals surface area (Å²) in [6.07, 6.45) is 1.66. The molecule has 0 aromatic heterocycles. The average molecular weight is 358 g/mol. The summed E-state index contributed by atoms with van der Waals surface area (Å²) in [4.78, 5) is 2.80. The van der Waals surface area contributed by atoms with Crippen LogP contribution in [0.3, 0.4) is 0 Å². The Morgan fingerprint density at radius 3 is 2.41 bits per heavy atom. The number of rotatable bonds is 5. The van der Waals surface area contributed by atoms with Gasteiger partial charge in [0.2, 0.25) is 0 Å². The Balaban J connectivity index is 2.34. The maximum atomic E-state index is 11.7. The first kappa shape index (κ1) is 17.4. The second kappa shape index (κ2) is 7.57. The quantitative estimate of drug-likeness (QED) is 0.734. The summed E-state index contributed by atoms with van der Waals surface area (Å²) in [5.74, 6) is 1.32. The lowest BCUT2D eigenvalue weighted by Gasteiger charge is -2.16. The molecule has 3 nitrogen and oxygen atoms in total. The van der Waals surface area contributed by atoms with E-state index in [0.717, 1.165) is 10.5 Å². The monoisotopic (exact) mass is 357 g/mol. The van der Waals surface area contributed by atoms with E-state index in [1.807, 2.05) is 37.2 Å². The van der Waals surface area contributed by atoms with Crippen molar-refractivity contribution < 1.29 is 9.29 Å². The average Bonchev–Trinajstić information content (AvgIpc) is 2.44. The molecule has 0 saturated heterocycles. The lowest BCUT2D eigenvalue weighted by atomic mass is 10.2. The van der Waals surface area contributed by atoms with Crippen molar-refractivity contribution in [2.75, 3.05) is 20.4 Å². The van der Waals surface area contributed by atoms with Crippen LogP contribution in [-0.2, 0) is 17.7 Å². The fraction of sp³-hybridized carbons (Fsp3) is 0.250. The SMILES string of the molecule is CN(C)Cc1cc([S+](C)[O-])ccc1Oc1ccc(Cl)c(Cl)c1. The predicted molar refractivity (Wildman–Crippen MR) is 92.7 cm³/mol. The molecule has 22 heavy (non-hydrogen) atoms. The van der Waals surface area contributed by atoms with Crippen molar-refractivity contribution in [2.45, 2.75) is 11.4 Å². The first-order chi connectivity index (χ1) is 10.4. The molecule has 0 amide bonds. The molecule has 2 aromatic carbocycles. The lowest BCUT2D eigenvalue weighted by molar-refractivity contribution is 0.388. The molecule has 0 aliphatic carbocycles. The second-order valence-corrected chi connectivity index (χ2v) is 7.33. The van der Waals surface area contributed by atoms with Crippen molar-refractivity contribution in [3.8, 4) is 11.5 Å². The molecule has 118 valence electrons. The summed E-state index contributed by atoms with van der Waals surface area (Å²) in [5.41, 5.74) is 0.962. The molecular formula is C16H17Cl2NO2S. The van der Waals surface area contributed by atoms with E-state index in [1.165, 1.54) is 0 Å². The molecule has 1 unspecified atom stereocenters. The predicted octanol–water partition coefficient (Wildman–Crippen LogP) is 4.58. The third-order valence-electron chi connectivity index (χ3n) is 2.97. The zero-order valence-corrected chi connectivity index (χ0v) is 14.9. The van der Waals surface area contributed by atoms with Gasteiger partial charge in [-0.25, -0.2) is 0 Å². The van der Waals surface area contributed by atoms with E-state index in [2.05, 4.69) is 0 Å². The van der Waals surface area contributed by atoms with Gasteiger partial charge in [0, 0.05) is 24.2 Å². The molecule has 0 fully saturated rings. The highest BCUT2D eigenvalue weighted by molar-refractivity contribution is 7.90. The standard InChI is InChI=1S/C16H17Cl2NO2S/c1-19(2)10-11-8-13(22(3)20)5-7-16(11)21-12-4-6-14(17)15(18)9-12/h4-9H,10H2,1-3H3. The summed E-state index contributed by atoms with van der Waals surface area (Å²) < 4.78 is 17.6. The summed E-state index contributed by atoms with van der Waals surface area (Å²) in [7, 11) is 3.94. The summed E-state index contributed by atoms with van der Waals surface area (Å²) >= 11 is 10.9. The van der Waals surface area contributed by atoms with E-state index < -0.39 is 11.2 Å². The Hall–Kier alpha value is -0.910. The normalized spacial score (nSPS) is 12.5. The first-order valence-corrected chi connectivity index (χ1v) is 8.92. The number of nitrogens with zero attached hydrogens (tertiary/aromatic N) is 1. The lowest BCUT2D eigenvalue weighted by Crippen LogP contribution is -2.12. The van der Waals surface area contributed by atoms with Gasteiger partial charge in [0.25, 0.3) is 0 Å². The number of hydrogen-bond donors (Lipinski definition) is 0. The molecule has 0 N–H and O–H groups in total. The molecule has 0 bridgehead atoms. The van der Waals surface area contributed by atoms with Gasteiger partial charge in [0.05, 0.1) is 10.0 Å². The third kappa shape index (κ3) is 4.54. The highest BCUT2D eigenvalue weighted by Gasteiger charge is 2.13. The Bertz CT molecular complexity index is 663. The van der Waals surface area contributed by atoms with Gasteiger partial charge in [0.1, 0.15) is 17.8 Å². The minimum absolute atomic E-state index is 0.444. The molecule has 1 atom stereocenters. The van der Waals surface area contributed by atoms with Gasteiger partial charge in [-0.05, 0) is 49.5 Å². The maximum absolute atomic E-state index is 11.7. The Morgan fingerprint density at radius 1 is 1.09 bits per heavy atom. The van der Waals surface area contributed by atoms with Crippen molar-refractivity contribution in [3.05, 3.63) is 52.0 Å². The van der Waals surface area contributed by atoms with Crippen molar-refractivity contribution in [1.29, 1.82) is 0 Å². The van der Waals surface area contributed by atoms with Crippen molar-refractivity contribution in [2.24, 2.45) is 0 Å². The molecule has 0 spiro atoms. The van der Waals surface area contributed by atoms with Gasteiger partial charge in [-0.2, -0.15) is 0 Å². The molecule has 0 aliphatic heterocycles. The third-order valence-corrected chi connectivity index (χ3v) is 4.63. The van der Waals surface area contributed by atoms with Crippen molar-refractivity contribution >= 4 is 34.4 Å². The van der Waals surface area contributed by atoms with Crippen LogP contribution in [0.25, 0.3) is 0 Å². The van der Waals surface area contributed by atoms with Crippen molar-refractivity contribution in [1.82, 2.24) is 4.90 Å². The zero-order valence-electron chi connectivity index (χ0n) is 12.6. The van der Waals surface area contributed by atoms with Gasteiger partial charge in [-0.3, -0.25) is 0 Å². The summed E-state index contributed by atoms with van der Waals surface area (Å²) in [6.45, 7) is 0.682. The maximum Gasteiger partial charge on any atom is 0.152 e. The van der Waals surface area contributed by atoms with E-state index in [0.29, 0.717) is 28.1 Å². The highest BCUT2D eigenvalue weighted by Crippen LogP contribution is 2.32. The number of halogens is 2. The molecule has 0 radical (unpaired) electrons. The van der Waals surface area contributed by atoms with Crippen LogP contribution in [0.2, 0.25) is 10.0 Å². The van der Waals surface area contributed by atoms with Gasteiger partial charge in [-0.1, -0.05) is 23.2 Å². The van der Waals surface area contributed by atoms with Crippen molar-refractivity contribution in [3.63, 3.8) is 0 Å². The molecule has 2 rings (SSSR count). The van der Waals surface area contributed by atoms with E-state index in [-0.39, 0.29) is 0 Å². The van der Waals surface area contributed by atoms with E-state index in [1.54, 1.807) is 24.5 Å². The molecule has 2 aromatic rings. The van der Waals surface area contributed by atoms with Crippen LogP contribution < -0.4 is 4.74 Å². The molecule has 0 aliphatic rings. The smallest absolute Gasteiger partial charge is 0.152 e. The molecule has 0 heterocycles. The fourth-order valence-electron chi connectivity index (χ4n) is 1.97. The minimum atomic E-state index is -1.03.